The Bertz CT molecular complexity index is 793. The van der Waals surface area contributed by atoms with Gasteiger partial charge in [-0.1, -0.05) is 48.5 Å². The van der Waals surface area contributed by atoms with E-state index in [4.69, 9.17) is 9.47 Å². The maximum Gasteiger partial charge on any atom is 0.302 e. The molecule has 1 heterocycles. The van der Waals surface area contributed by atoms with Crippen LogP contribution < -0.4 is 4.74 Å². The van der Waals surface area contributed by atoms with Crippen LogP contribution >= 0.6 is 0 Å². The number of benzene rings is 2. The normalized spacial score (nSPS) is 10.7. The van der Waals surface area contributed by atoms with E-state index in [1.165, 1.54) is 6.92 Å². The highest BCUT2D eigenvalue weighted by atomic mass is 16.5. The number of rotatable bonds is 6. The second kappa shape index (κ2) is 7.01. The van der Waals surface area contributed by atoms with Gasteiger partial charge in [0, 0.05) is 18.4 Å². The third-order valence-electron chi connectivity index (χ3n) is 3.62. The van der Waals surface area contributed by atoms with Crippen molar-refractivity contribution < 1.29 is 14.3 Å². The van der Waals surface area contributed by atoms with Crippen LogP contribution in [0.3, 0.4) is 0 Å². The van der Waals surface area contributed by atoms with Crippen LogP contribution in [0.25, 0.3) is 10.9 Å². The van der Waals surface area contributed by atoms with E-state index in [-0.39, 0.29) is 5.97 Å². The third-order valence-corrected chi connectivity index (χ3v) is 3.62. The number of esters is 1. The van der Waals surface area contributed by atoms with Crippen LogP contribution in [-0.2, 0) is 22.7 Å². The fourth-order valence-corrected chi connectivity index (χ4v) is 2.55. The second-order valence-corrected chi connectivity index (χ2v) is 5.31. The zero-order valence-corrected chi connectivity index (χ0v) is 13.1. The number of nitrogens with zero attached hydrogens (tertiary/aromatic N) is 1. The summed E-state index contributed by atoms with van der Waals surface area (Å²) in [7, 11) is 0. The zero-order chi connectivity index (χ0) is 16.1. The minimum Gasteiger partial charge on any atom is -0.474 e. The lowest BCUT2D eigenvalue weighted by Gasteiger charge is -2.12. The van der Waals surface area contributed by atoms with Gasteiger partial charge in [-0.3, -0.25) is 4.79 Å². The molecule has 2 aromatic carbocycles. The lowest BCUT2D eigenvalue weighted by molar-refractivity contribution is -0.141. The van der Waals surface area contributed by atoms with Crippen molar-refractivity contribution in [3.63, 3.8) is 0 Å². The Kier molecular flexibility index (Phi) is 4.62. The molecule has 1 aromatic heterocycles. The largest absolute Gasteiger partial charge is 0.474 e. The van der Waals surface area contributed by atoms with Gasteiger partial charge in [0.15, 0.2) is 5.88 Å². The molecule has 0 aliphatic rings. The summed E-state index contributed by atoms with van der Waals surface area (Å²) < 4.78 is 13.1. The molecule has 0 radical (unpaired) electrons. The number of hydrogen-bond donors (Lipinski definition) is 0. The first-order valence-electron chi connectivity index (χ1n) is 7.62. The summed E-state index contributed by atoms with van der Waals surface area (Å²) in [5, 5.41) is 1.11. The van der Waals surface area contributed by atoms with Gasteiger partial charge < -0.3 is 14.0 Å². The fourth-order valence-electron chi connectivity index (χ4n) is 2.55. The Morgan fingerprint density at radius 3 is 2.57 bits per heavy atom. The number of fused-ring (bicyclic) bond motifs is 1. The van der Waals surface area contributed by atoms with Crippen LogP contribution in [0.4, 0.5) is 0 Å². The number of aromatic nitrogens is 1. The molecule has 4 heteroatoms. The lowest BCUT2D eigenvalue weighted by atomic mass is 10.2. The summed E-state index contributed by atoms with van der Waals surface area (Å²) in [5.41, 5.74) is 2.19. The van der Waals surface area contributed by atoms with Gasteiger partial charge in [0.2, 0.25) is 0 Å². The van der Waals surface area contributed by atoms with Crippen molar-refractivity contribution in [2.45, 2.75) is 20.1 Å². The van der Waals surface area contributed by atoms with E-state index in [0.29, 0.717) is 19.8 Å². The summed E-state index contributed by atoms with van der Waals surface area (Å²) in [6, 6.07) is 20.1. The van der Waals surface area contributed by atoms with Crippen LogP contribution in [0, 0.1) is 0 Å². The number of carbonyl (C=O) groups excluding carboxylic acids is 1. The van der Waals surface area contributed by atoms with Crippen molar-refractivity contribution in [2.24, 2.45) is 0 Å². The Balaban J connectivity index is 1.81. The second-order valence-electron chi connectivity index (χ2n) is 5.31. The predicted octanol–water partition coefficient (Wildman–Crippen LogP) is 3.78. The molecule has 0 N–H and O–H groups in total. The molecule has 3 aromatic rings. The molecule has 0 unspecified atom stereocenters. The summed E-state index contributed by atoms with van der Waals surface area (Å²) in [4.78, 5) is 11.0. The van der Waals surface area contributed by atoms with Crippen molar-refractivity contribution in [3.8, 4) is 5.88 Å². The van der Waals surface area contributed by atoms with Gasteiger partial charge in [0.1, 0.15) is 13.2 Å². The molecule has 0 bridgehead atoms. The monoisotopic (exact) mass is 309 g/mol. The highest BCUT2D eigenvalue weighted by Gasteiger charge is 2.10. The Morgan fingerprint density at radius 2 is 1.78 bits per heavy atom. The van der Waals surface area contributed by atoms with Crippen LogP contribution in [0.5, 0.6) is 5.88 Å². The molecule has 3 rings (SSSR count). The van der Waals surface area contributed by atoms with Gasteiger partial charge in [-0.05, 0) is 11.6 Å². The van der Waals surface area contributed by atoms with Gasteiger partial charge >= 0.3 is 5.97 Å². The first kappa shape index (κ1) is 15.2. The molecule has 118 valence electrons. The molecule has 0 amide bonds. The Labute approximate surface area is 135 Å². The minimum absolute atomic E-state index is 0.270. The number of hydrogen-bond acceptors (Lipinski definition) is 3. The molecule has 0 saturated heterocycles. The minimum atomic E-state index is -0.270. The van der Waals surface area contributed by atoms with Crippen LogP contribution in [-0.4, -0.2) is 17.1 Å². The van der Waals surface area contributed by atoms with E-state index in [1.807, 2.05) is 65.2 Å². The maximum absolute atomic E-state index is 11.0. The number of para-hydroxylation sites is 1. The number of ether oxygens (including phenoxy) is 2. The summed E-state index contributed by atoms with van der Waals surface area (Å²) in [5.74, 6) is 0.510. The van der Waals surface area contributed by atoms with E-state index >= 15 is 0 Å². The Hall–Kier alpha value is -2.75. The van der Waals surface area contributed by atoms with Crippen LogP contribution in [0.1, 0.15) is 12.5 Å². The zero-order valence-electron chi connectivity index (χ0n) is 13.1. The van der Waals surface area contributed by atoms with Crippen LogP contribution in [0.15, 0.2) is 60.7 Å². The maximum atomic E-state index is 11.0. The van der Waals surface area contributed by atoms with Crippen molar-refractivity contribution in [2.75, 3.05) is 6.61 Å². The molecule has 0 aliphatic carbocycles. The topological polar surface area (TPSA) is 40.5 Å². The van der Waals surface area contributed by atoms with Gasteiger partial charge in [0.05, 0.1) is 12.1 Å². The van der Waals surface area contributed by atoms with Crippen molar-refractivity contribution in [3.05, 3.63) is 66.2 Å². The smallest absolute Gasteiger partial charge is 0.302 e. The van der Waals surface area contributed by atoms with E-state index in [2.05, 4.69) is 0 Å². The van der Waals surface area contributed by atoms with Gasteiger partial charge in [-0.15, -0.1) is 0 Å². The first-order valence-corrected chi connectivity index (χ1v) is 7.62. The molecule has 0 saturated carbocycles. The standard InChI is InChI=1S/C19H19NO3/c1-15(21)22-12-11-20-18-10-6-5-9-17(18)13-19(20)23-14-16-7-3-2-4-8-16/h2-10,13H,11-12,14H2,1H3. The third kappa shape index (κ3) is 3.72. The summed E-state index contributed by atoms with van der Waals surface area (Å²) >= 11 is 0. The van der Waals surface area contributed by atoms with E-state index in [9.17, 15) is 4.79 Å². The molecule has 0 aliphatic heterocycles. The van der Waals surface area contributed by atoms with Gasteiger partial charge in [-0.2, -0.15) is 0 Å². The van der Waals surface area contributed by atoms with Gasteiger partial charge in [0.25, 0.3) is 0 Å². The van der Waals surface area contributed by atoms with Crippen molar-refractivity contribution >= 4 is 16.9 Å². The summed E-state index contributed by atoms with van der Waals surface area (Å²) in [6.45, 7) is 2.82. The molecule has 0 spiro atoms. The predicted molar refractivity (Wildman–Crippen MR) is 89.3 cm³/mol. The molecule has 0 fully saturated rings. The first-order chi connectivity index (χ1) is 11.2. The molecule has 4 nitrogen and oxygen atoms in total. The van der Waals surface area contributed by atoms with Crippen molar-refractivity contribution in [1.29, 1.82) is 0 Å². The molecule has 0 atom stereocenters. The Morgan fingerprint density at radius 1 is 1.04 bits per heavy atom. The van der Waals surface area contributed by atoms with E-state index in [1.54, 1.807) is 0 Å². The average molecular weight is 309 g/mol. The van der Waals surface area contributed by atoms with Crippen LogP contribution in [0.2, 0.25) is 0 Å². The van der Waals surface area contributed by atoms with Gasteiger partial charge in [-0.25, -0.2) is 0 Å². The summed E-state index contributed by atoms with van der Waals surface area (Å²) in [6.07, 6.45) is 0. The van der Waals surface area contributed by atoms with E-state index in [0.717, 1.165) is 22.3 Å². The number of carbonyl (C=O) groups is 1. The highest BCUT2D eigenvalue weighted by molar-refractivity contribution is 5.82. The fraction of sp³-hybridized carbons (Fsp3) is 0.211. The molecular weight excluding hydrogens is 290 g/mol. The van der Waals surface area contributed by atoms with E-state index < -0.39 is 0 Å². The highest BCUT2D eigenvalue weighted by Crippen LogP contribution is 2.26. The average Bonchev–Trinajstić information content (AvgIpc) is 2.92. The molecular formula is C19H19NO3. The quantitative estimate of drug-likeness (QED) is 0.651. The SMILES string of the molecule is CC(=O)OCCn1c(OCc2ccccc2)cc2ccccc21. The van der Waals surface area contributed by atoms with Crippen molar-refractivity contribution in [1.82, 2.24) is 4.57 Å². The lowest BCUT2D eigenvalue weighted by Crippen LogP contribution is -2.10. The molecule has 23 heavy (non-hydrogen) atoms.